The Labute approximate surface area is 198 Å². The van der Waals surface area contributed by atoms with Crippen molar-refractivity contribution in [1.82, 2.24) is 20.2 Å². The summed E-state index contributed by atoms with van der Waals surface area (Å²) in [4.78, 5) is 22.3. The van der Waals surface area contributed by atoms with Crippen molar-refractivity contribution in [3.63, 3.8) is 0 Å². The van der Waals surface area contributed by atoms with E-state index >= 15 is 0 Å². The maximum Gasteiger partial charge on any atom is 0.262 e. The third kappa shape index (κ3) is 5.85. The van der Waals surface area contributed by atoms with Gasteiger partial charge in [-0.15, -0.1) is 0 Å². The smallest absolute Gasteiger partial charge is 0.262 e. The van der Waals surface area contributed by atoms with Gasteiger partial charge in [0.15, 0.2) is 11.5 Å². The fraction of sp³-hybridized carbons (Fsp3) is 0.320. The van der Waals surface area contributed by atoms with Crippen molar-refractivity contribution < 1.29 is 19.0 Å². The minimum atomic E-state index is -0.481. The highest BCUT2D eigenvalue weighted by Crippen LogP contribution is 2.30. The molecule has 9 nitrogen and oxygen atoms in total. The normalized spacial score (nSPS) is 12.3. The zero-order valence-electron chi connectivity index (χ0n) is 20.0. The van der Waals surface area contributed by atoms with Crippen LogP contribution < -0.4 is 19.5 Å². The molecule has 178 valence electrons. The highest BCUT2D eigenvalue weighted by Gasteiger charge is 2.17. The summed E-state index contributed by atoms with van der Waals surface area (Å²) >= 11 is 0. The van der Waals surface area contributed by atoms with Crippen LogP contribution in [0.25, 0.3) is 17.1 Å². The van der Waals surface area contributed by atoms with E-state index in [0.717, 1.165) is 17.5 Å². The van der Waals surface area contributed by atoms with Crippen molar-refractivity contribution in [2.75, 3.05) is 41.5 Å². The van der Waals surface area contributed by atoms with Crippen LogP contribution in [0, 0.1) is 11.3 Å². The molecule has 0 aliphatic rings. The van der Waals surface area contributed by atoms with E-state index < -0.39 is 5.91 Å². The van der Waals surface area contributed by atoms with E-state index in [2.05, 4.69) is 15.3 Å². The van der Waals surface area contributed by atoms with E-state index in [1.54, 1.807) is 44.8 Å². The van der Waals surface area contributed by atoms with Gasteiger partial charge in [0.05, 0.1) is 26.5 Å². The predicted molar refractivity (Wildman–Crippen MR) is 130 cm³/mol. The van der Waals surface area contributed by atoms with Gasteiger partial charge in [-0.25, -0.2) is 4.98 Å². The molecule has 9 heteroatoms. The zero-order chi connectivity index (χ0) is 24.7. The lowest BCUT2D eigenvalue weighted by molar-refractivity contribution is -0.117. The number of aromatic amines is 1. The number of nitriles is 1. The van der Waals surface area contributed by atoms with E-state index in [0.29, 0.717) is 35.1 Å². The van der Waals surface area contributed by atoms with Crippen molar-refractivity contribution in [3.8, 4) is 23.3 Å². The number of hydrogen-bond donors (Lipinski definition) is 2. The van der Waals surface area contributed by atoms with Crippen molar-refractivity contribution >= 4 is 23.0 Å². The maximum absolute atomic E-state index is 12.9. The van der Waals surface area contributed by atoms with Crippen LogP contribution >= 0.6 is 0 Å². The molecule has 3 aromatic rings. The lowest BCUT2D eigenvalue weighted by Gasteiger charge is -2.16. The van der Waals surface area contributed by atoms with Gasteiger partial charge in [0.2, 0.25) is 0 Å². The molecule has 2 N–H and O–H groups in total. The molecule has 1 aromatic carbocycles. The largest absolute Gasteiger partial charge is 0.493 e. The molecule has 0 aliphatic carbocycles. The van der Waals surface area contributed by atoms with Crippen LogP contribution in [0.15, 0.2) is 42.2 Å². The Kier molecular flexibility index (Phi) is 8.11. The molecule has 3 rings (SSSR count). The lowest BCUT2D eigenvalue weighted by atomic mass is 10.1. The fourth-order valence-corrected chi connectivity index (χ4v) is 3.33. The molecular weight excluding hydrogens is 434 g/mol. The number of hydrogen-bond acceptors (Lipinski definition) is 7. The average Bonchev–Trinajstić information content (AvgIpc) is 3.23. The Balaban J connectivity index is 1.79. The highest BCUT2D eigenvalue weighted by atomic mass is 16.5. The number of aromatic nitrogens is 2. The van der Waals surface area contributed by atoms with Crippen molar-refractivity contribution in [2.45, 2.75) is 13.0 Å². The minimum Gasteiger partial charge on any atom is -0.493 e. The quantitative estimate of drug-likeness (QED) is 0.350. The van der Waals surface area contributed by atoms with Crippen molar-refractivity contribution in [1.29, 1.82) is 5.26 Å². The summed E-state index contributed by atoms with van der Waals surface area (Å²) in [7, 11) is 7.06. The third-order valence-corrected chi connectivity index (χ3v) is 5.27. The monoisotopic (exact) mass is 463 g/mol. The lowest BCUT2D eigenvalue weighted by Crippen LogP contribution is -2.27. The topological polar surface area (TPSA) is 112 Å². The van der Waals surface area contributed by atoms with E-state index in [1.165, 1.54) is 0 Å². The number of H-pyrrole nitrogens is 1. The summed E-state index contributed by atoms with van der Waals surface area (Å²) in [6, 6.07) is 8.89. The molecule has 0 bridgehead atoms. The SMILES string of the molecule is COc1ccc([C@@H](C)NC(=O)/C(C#N)=C/c2c[nH]c3ncc(OCCN(C)C)cc23)cc1OC. The second-order valence-electron chi connectivity index (χ2n) is 7.94. The molecule has 0 fully saturated rings. The number of amides is 1. The van der Waals surface area contributed by atoms with E-state index in [4.69, 9.17) is 14.2 Å². The number of carbonyl (C=O) groups is 1. The maximum atomic E-state index is 12.9. The third-order valence-electron chi connectivity index (χ3n) is 5.27. The van der Waals surface area contributed by atoms with Gasteiger partial charge in [-0.2, -0.15) is 5.26 Å². The number of likely N-dealkylation sites (N-methyl/N-ethyl adjacent to an activating group) is 1. The molecule has 0 saturated heterocycles. The van der Waals surface area contributed by atoms with Gasteiger partial charge in [0, 0.05) is 23.7 Å². The molecule has 1 atom stereocenters. The Hall–Kier alpha value is -4.03. The Morgan fingerprint density at radius 3 is 2.71 bits per heavy atom. The Bertz CT molecular complexity index is 1230. The summed E-state index contributed by atoms with van der Waals surface area (Å²) in [6.07, 6.45) is 4.90. The van der Waals surface area contributed by atoms with Gasteiger partial charge < -0.3 is 29.4 Å². The van der Waals surface area contributed by atoms with Crippen LogP contribution in [0.3, 0.4) is 0 Å². The number of rotatable bonds is 10. The van der Waals surface area contributed by atoms with Gasteiger partial charge in [-0.3, -0.25) is 4.79 Å². The molecule has 2 heterocycles. The van der Waals surface area contributed by atoms with Gasteiger partial charge >= 0.3 is 0 Å². The number of fused-ring (bicyclic) bond motifs is 1. The molecule has 0 aliphatic heterocycles. The summed E-state index contributed by atoms with van der Waals surface area (Å²) in [5.41, 5.74) is 2.11. The van der Waals surface area contributed by atoms with Crippen LogP contribution in [-0.4, -0.2) is 62.2 Å². The number of nitrogens with one attached hydrogen (secondary N) is 2. The van der Waals surface area contributed by atoms with Crippen LogP contribution in [0.5, 0.6) is 17.2 Å². The summed E-state index contributed by atoms with van der Waals surface area (Å²) < 4.78 is 16.4. The Morgan fingerprint density at radius 1 is 1.26 bits per heavy atom. The number of pyridine rings is 1. The molecular formula is C25H29N5O4. The second kappa shape index (κ2) is 11.2. The predicted octanol–water partition coefficient (Wildman–Crippen LogP) is 3.30. The number of benzene rings is 1. The van der Waals surface area contributed by atoms with Crippen molar-refractivity contribution in [2.24, 2.45) is 0 Å². The Morgan fingerprint density at radius 2 is 2.03 bits per heavy atom. The summed E-state index contributed by atoms with van der Waals surface area (Å²) in [6.45, 7) is 3.13. The van der Waals surface area contributed by atoms with Crippen LogP contribution in [0.1, 0.15) is 24.1 Å². The van der Waals surface area contributed by atoms with E-state index in [1.807, 2.05) is 44.1 Å². The van der Waals surface area contributed by atoms with Crippen molar-refractivity contribution in [3.05, 3.63) is 53.4 Å². The average molecular weight is 464 g/mol. The first-order valence-corrected chi connectivity index (χ1v) is 10.8. The van der Waals surface area contributed by atoms with Gasteiger partial charge in [0.1, 0.15) is 29.6 Å². The molecule has 0 saturated carbocycles. The number of nitrogens with zero attached hydrogens (tertiary/aromatic N) is 3. The molecule has 2 aromatic heterocycles. The second-order valence-corrected chi connectivity index (χ2v) is 7.94. The van der Waals surface area contributed by atoms with Gasteiger partial charge in [-0.05, 0) is 50.9 Å². The minimum absolute atomic E-state index is 0.0212. The van der Waals surface area contributed by atoms with Crippen LogP contribution in [-0.2, 0) is 4.79 Å². The van der Waals surface area contributed by atoms with Gasteiger partial charge in [0.25, 0.3) is 5.91 Å². The van der Waals surface area contributed by atoms with E-state index in [9.17, 15) is 10.1 Å². The highest BCUT2D eigenvalue weighted by molar-refractivity contribution is 6.03. The molecule has 1 amide bonds. The molecule has 0 unspecified atom stereocenters. The summed E-state index contributed by atoms with van der Waals surface area (Å²) in [5, 5.41) is 13.3. The number of ether oxygens (including phenoxy) is 3. The van der Waals surface area contributed by atoms with Crippen LogP contribution in [0.4, 0.5) is 0 Å². The van der Waals surface area contributed by atoms with Gasteiger partial charge in [-0.1, -0.05) is 6.07 Å². The molecule has 34 heavy (non-hydrogen) atoms. The first-order chi connectivity index (χ1) is 16.4. The molecule has 0 radical (unpaired) electrons. The number of carbonyl (C=O) groups excluding carboxylic acids is 1. The first kappa shape index (κ1) is 24.6. The van der Waals surface area contributed by atoms with E-state index in [-0.39, 0.29) is 11.6 Å². The number of methoxy groups -OCH3 is 2. The zero-order valence-corrected chi connectivity index (χ0v) is 20.0. The standard InChI is InChI=1S/C25H29N5O4/c1-16(17-6-7-22(32-4)23(11-17)33-5)29-25(31)18(13-26)10-19-14-27-24-21(19)12-20(15-28-24)34-9-8-30(2)3/h6-7,10-12,14-16H,8-9H2,1-5H3,(H,27,28)(H,29,31)/b18-10+/t16-/m1/s1. The molecule has 0 spiro atoms. The fourth-order valence-electron chi connectivity index (χ4n) is 3.33. The van der Waals surface area contributed by atoms with Crippen LogP contribution in [0.2, 0.25) is 0 Å². The first-order valence-electron chi connectivity index (χ1n) is 10.8. The summed E-state index contributed by atoms with van der Waals surface area (Å²) in [5.74, 6) is 1.30.